The van der Waals surface area contributed by atoms with E-state index in [1.807, 2.05) is 43.3 Å². The van der Waals surface area contributed by atoms with Crippen molar-refractivity contribution in [1.82, 2.24) is 14.1 Å². The summed E-state index contributed by atoms with van der Waals surface area (Å²) in [5.74, 6) is 0.565. The summed E-state index contributed by atoms with van der Waals surface area (Å²) < 4.78 is 34.5. The van der Waals surface area contributed by atoms with E-state index in [0.717, 1.165) is 11.3 Å². The number of hydrogen-bond donors (Lipinski definition) is 1. The molecule has 0 spiro atoms. The molecule has 9 heteroatoms. The van der Waals surface area contributed by atoms with Crippen molar-refractivity contribution in [3.05, 3.63) is 71.9 Å². The molecular formula is C24H28N4O4S. The summed E-state index contributed by atoms with van der Waals surface area (Å²) in [6, 6.07) is 18.0. The van der Waals surface area contributed by atoms with Gasteiger partial charge in [-0.1, -0.05) is 30.3 Å². The van der Waals surface area contributed by atoms with E-state index < -0.39 is 15.9 Å². The predicted octanol–water partition coefficient (Wildman–Crippen LogP) is 3.29. The number of sulfonamides is 1. The Balaban J connectivity index is 1.46. The van der Waals surface area contributed by atoms with Crippen molar-refractivity contribution in [1.29, 1.82) is 0 Å². The lowest BCUT2D eigenvalue weighted by atomic mass is 9.99. The first-order valence-corrected chi connectivity index (χ1v) is 12.3. The normalized spacial score (nSPS) is 17.0. The lowest BCUT2D eigenvalue weighted by molar-refractivity contribution is -0.120. The Hall–Kier alpha value is -3.17. The zero-order valence-electron chi connectivity index (χ0n) is 18.8. The number of carbonyl (C=O) groups excluding carboxylic acids is 1. The van der Waals surface area contributed by atoms with Gasteiger partial charge in [-0.25, -0.2) is 13.1 Å². The maximum Gasteiger partial charge on any atom is 0.243 e. The minimum absolute atomic E-state index is 0.145. The highest BCUT2D eigenvalue weighted by Gasteiger charge is 2.33. The van der Waals surface area contributed by atoms with Gasteiger partial charge < -0.3 is 10.1 Å². The van der Waals surface area contributed by atoms with Crippen LogP contribution in [0.1, 0.15) is 24.1 Å². The van der Waals surface area contributed by atoms with Crippen LogP contribution in [0.4, 0.5) is 5.82 Å². The Morgan fingerprint density at radius 1 is 1.15 bits per heavy atom. The van der Waals surface area contributed by atoms with Gasteiger partial charge in [-0.2, -0.15) is 9.40 Å². The number of benzene rings is 2. The first-order valence-electron chi connectivity index (χ1n) is 10.9. The average Bonchev–Trinajstić information content (AvgIpc) is 3.18. The van der Waals surface area contributed by atoms with E-state index in [9.17, 15) is 13.2 Å². The molecule has 1 atom stereocenters. The Morgan fingerprint density at radius 3 is 2.58 bits per heavy atom. The predicted molar refractivity (Wildman–Crippen MR) is 126 cm³/mol. The van der Waals surface area contributed by atoms with Crippen LogP contribution in [0, 0.1) is 12.8 Å². The summed E-state index contributed by atoms with van der Waals surface area (Å²) in [5.41, 5.74) is 1.87. The summed E-state index contributed by atoms with van der Waals surface area (Å²) in [6.07, 6.45) is 1.25. The third-order valence-electron chi connectivity index (χ3n) is 5.78. The lowest BCUT2D eigenvalue weighted by Gasteiger charge is -2.31. The van der Waals surface area contributed by atoms with Gasteiger partial charge in [0.2, 0.25) is 15.9 Å². The Morgan fingerprint density at radius 2 is 1.88 bits per heavy atom. The molecule has 3 aromatic rings. The molecule has 1 aliphatic heterocycles. The van der Waals surface area contributed by atoms with E-state index >= 15 is 0 Å². The van der Waals surface area contributed by atoms with Gasteiger partial charge >= 0.3 is 0 Å². The molecule has 1 aromatic heterocycles. The van der Waals surface area contributed by atoms with Crippen molar-refractivity contribution >= 4 is 21.7 Å². The Labute approximate surface area is 194 Å². The molecule has 0 saturated carbocycles. The van der Waals surface area contributed by atoms with Gasteiger partial charge in [-0.3, -0.25) is 4.79 Å². The van der Waals surface area contributed by atoms with Gasteiger partial charge in [-0.15, -0.1) is 0 Å². The third-order valence-corrected chi connectivity index (χ3v) is 7.66. The number of nitrogens with one attached hydrogen (secondary N) is 1. The summed E-state index contributed by atoms with van der Waals surface area (Å²) in [6.45, 7) is 2.95. The van der Waals surface area contributed by atoms with Crippen LogP contribution < -0.4 is 10.1 Å². The molecule has 1 aliphatic rings. The van der Waals surface area contributed by atoms with Gasteiger partial charge in [0.25, 0.3) is 0 Å². The summed E-state index contributed by atoms with van der Waals surface area (Å²) in [7, 11) is -2.16. The van der Waals surface area contributed by atoms with Gasteiger partial charge in [-0.05, 0) is 49.6 Å². The fraction of sp³-hybridized carbons (Fsp3) is 0.333. The highest BCUT2D eigenvalue weighted by Crippen LogP contribution is 2.26. The lowest BCUT2D eigenvalue weighted by Crippen LogP contribution is -2.43. The summed E-state index contributed by atoms with van der Waals surface area (Å²) >= 11 is 0. The van der Waals surface area contributed by atoms with Crippen molar-refractivity contribution < 1.29 is 17.9 Å². The summed E-state index contributed by atoms with van der Waals surface area (Å²) in [5, 5.41) is 7.47. The first kappa shape index (κ1) is 23.0. The van der Waals surface area contributed by atoms with Gasteiger partial charge in [0.05, 0.1) is 30.2 Å². The van der Waals surface area contributed by atoms with Crippen LogP contribution in [-0.2, 0) is 21.4 Å². The fourth-order valence-corrected chi connectivity index (χ4v) is 5.55. The molecule has 1 N–H and O–H groups in total. The highest BCUT2D eigenvalue weighted by molar-refractivity contribution is 7.89. The van der Waals surface area contributed by atoms with Crippen molar-refractivity contribution in [2.45, 2.75) is 31.2 Å². The van der Waals surface area contributed by atoms with Crippen LogP contribution >= 0.6 is 0 Å². The van der Waals surface area contributed by atoms with E-state index in [2.05, 4.69) is 10.4 Å². The fourth-order valence-electron chi connectivity index (χ4n) is 4.02. The van der Waals surface area contributed by atoms with E-state index in [0.29, 0.717) is 37.5 Å². The standard InChI is InChI=1S/C24H28N4O4S/c1-18-15-23(28(26-18)16-19-7-4-3-5-8-19)25-24(29)20-9-6-14-27(17-20)33(30,31)22-12-10-21(32-2)11-13-22/h3-5,7-8,10-13,15,20H,6,9,14,16-17H2,1-2H3,(H,25,29). The number of aromatic nitrogens is 2. The van der Waals surface area contributed by atoms with E-state index in [4.69, 9.17) is 4.74 Å². The molecule has 1 saturated heterocycles. The van der Waals surface area contributed by atoms with Crippen LogP contribution in [-0.4, -0.2) is 48.6 Å². The molecule has 0 bridgehead atoms. The van der Waals surface area contributed by atoms with Crippen LogP contribution in [0.25, 0.3) is 0 Å². The molecule has 0 aliphatic carbocycles. The quantitative estimate of drug-likeness (QED) is 0.574. The maximum atomic E-state index is 13.1. The van der Waals surface area contributed by atoms with Crippen LogP contribution in [0.2, 0.25) is 0 Å². The molecule has 2 heterocycles. The average molecular weight is 469 g/mol. The SMILES string of the molecule is COc1ccc(S(=O)(=O)N2CCCC(C(=O)Nc3cc(C)nn3Cc3ccccc3)C2)cc1. The highest BCUT2D eigenvalue weighted by atomic mass is 32.2. The number of hydrogen-bond acceptors (Lipinski definition) is 5. The molecule has 1 fully saturated rings. The largest absolute Gasteiger partial charge is 0.497 e. The molecule has 2 aromatic carbocycles. The zero-order chi connectivity index (χ0) is 23.4. The second-order valence-corrected chi connectivity index (χ2v) is 10.1. The molecule has 4 rings (SSSR count). The minimum Gasteiger partial charge on any atom is -0.497 e. The van der Waals surface area contributed by atoms with Gasteiger partial charge in [0, 0.05) is 19.2 Å². The number of carbonyl (C=O) groups is 1. The Bertz CT molecular complexity index is 1210. The van der Waals surface area contributed by atoms with E-state index in [-0.39, 0.29) is 17.3 Å². The minimum atomic E-state index is -3.69. The summed E-state index contributed by atoms with van der Waals surface area (Å²) in [4.78, 5) is 13.3. The number of anilines is 1. The maximum absolute atomic E-state index is 13.1. The van der Waals surface area contributed by atoms with Crippen LogP contribution in [0.3, 0.4) is 0 Å². The van der Waals surface area contributed by atoms with E-state index in [1.165, 1.54) is 23.5 Å². The Kier molecular flexibility index (Phi) is 6.80. The number of amides is 1. The molecule has 33 heavy (non-hydrogen) atoms. The number of ether oxygens (including phenoxy) is 1. The van der Waals surface area contributed by atoms with Crippen LogP contribution in [0.15, 0.2) is 65.6 Å². The van der Waals surface area contributed by atoms with Crippen molar-refractivity contribution in [3.63, 3.8) is 0 Å². The number of aryl methyl sites for hydroxylation is 1. The first-order chi connectivity index (χ1) is 15.9. The second-order valence-electron chi connectivity index (χ2n) is 8.18. The van der Waals surface area contributed by atoms with Gasteiger partial charge in [0.1, 0.15) is 11.6 Å². The van der Waals surface area contributed by atoms with Crippen LogP contribution in [0.5, 0.6) is 5.75 Å². The van der Waals surface area contributed by atoms with Crippen molar-refractivity contribution in [2.75, 3.05) is 25.5 Å². The van der Waals surface area contributed by atoms with Crippen molar-refractivity contribution in [3.8, 4) is 5.75 Å². The van der Waals surface area contributed by atoms with Gasteiger partial charge in [0.15, 0.2) is 0 Å². The molecule has 1 amide bonds. The monoisotopic (exact) mass is 468 g/mol. The number of methoxy groups -OCH3 is 1. The van der Waals surface area contributed by atoms with Crippen molar-refractivity contribution in [2.24, 2.45) is 5.92 Å². The molecule has 0 radical (unpaired) electrons. The second kappa shape index (κ2) is 9.76. The number of piperidine rings is 1. The number of rotatable bonds is 7. The smallest absolute Gasteiger partial charge is 0.243 e. The van der Waals surface area contributed by atoms with E-state index in [1.54, 1.807) is 16.8 Å². The topological polar surface area (TPSA) is 93.5 Å². The zero-order valence-corrected chi connectivity index (χ0v) is 19.6. The molecule has 174 valence electrons. The third kappa shape index (κ3) is 5.26. The molecule has 1 unspecified atom stereocenters. The number of nitrogens with zero attached hydrogens (tertiary/aromatic N) is 3. The molecule has 8 nitrogen and oxygen atoms in total. The molecular weight excluding hydrogens is 440 g/mol.